The standard InChI is InChI=1S/C8H11NO2/c1-5(2)8-9-7(10)4-6(3)11-8/h4-5H,1-3H3. The minimum absolute atomic E-state index is 0.169. The molecular formula is C8H11NO2. The van der Waals surface area contributed by atoms with Crippen LogP contribution in [0.5, 0.6) is 0 Å². The maximum Gasteiger partial charge on any atom is 0.276 e. The lowest BCUT2D eigenvalue weighted by Crippen LogP contribution is -2.08. The molecule has 60 valence electrons. The van der Waals surface area contributed by atoms with Gasteiger partial charge in [0.15, 0.2) is 5.89 Å². The Balaban J connectivity index is 3.19. The third-order valence-corrected chi connectivity index (χ3v) is 1.31. The number of hydrogen-bond acceptors (Lipinski definition) is 3. The van der Waals surface area contributed by atoms with Crippen molar-refractivity contribution in [1.29, 1.82) is 0 Å². The van der Waals surface area contributed by atoms with Gasteiger partial charge in [-0.05, 0) is 6.92 Å². The van der Waals surface area contributed by atoms with E-state index in [4.69, 9.17) is 4.42 Å². The summed E-state index contributed by atoms with van der Waals surface area (Å²) in [6, 6.07) is 1.38. The molecule has 0 N–H and O–H groups in total. The van der Waals surface area contributed by atoms with Gasteiger partial charge in [0, 0.05) is 12.0 Å². The molecule has 0 saturated heterocycles. The van der Waals surface area contributed by atoms with Crippen molar-refractivity contribution >= 4 is 0 Å². The molecule has 0 saturated carbocycles. The minimum atomic E-state index is -0.225. The highest BCUT2D eigenvalue weighted by Crippen LogP contribution is 2.09. The van der Waals surface area contributed by atoms with E-state index in [1.54, 1.807) is 6.92 Å². The van der Waals surface area contributed by atoms with Gasteiger partial charge in [0.2, 0.25) is 0 Å². The van der Waals surface area contributed by atoms with Crippen LogP contribution < -0.4 is 5.56 Å². The molecule has 0 aliphatic carbocycles. The second-order valence-corrected chi connectivity index (χ2v) is 2.80. The summed E-state index contributed by atoms with van der Waals surface area (Å²) in [5, 5.41) is 0. The summed E-state index contributed by atoms with van der Waals surface area (Å²) >= 11 is 0. The normalized spacial score (nSPS) is 10.5. The zero-order valence-electron chi connectivity index (χ0n) is 6.92. The topological polar surface area (TPSA) is 43.1 Å². The van der Waals surface area contributed by atoms with Gasteiger partial charge in [-0.1, -0.05) is 13.8 Å². The van der Waals surface area contributed by atoms with Crippen LogP contribution in [0.1, 0.15) is 31.4 Å². The quantitative estimate of drug-likeness (QED) is 0.613. The van der Waals surface area contributed by atoms with Crippen molar-refractivity contribution in [3.63, 3.8) is 0 Å². The van der Waals surface area contributed by atoms with E-state index < -0.39 is 0 Å². The fraction of sp³-hybridized carbons (Fsp3) is 0.500. The summed E-state index contributed by atoms with van der Waals surface area (Å²) in [7, 11) is 0. The molecule has 1 heterocycles. The van der Waals surface area contributed by atoms with Gasteiger partial charge in [-0.3, -0.25) is 4.79 Å². The molecule has 0 fully saturated rings. The van der Waals surface area contributed by atoms with Crippen LogP contribution in [0.15, 0.2) is 15.3 Å². The lowest BCUT2D eigenvalue weighted by Gasteiger charge is -2.01. The first-order valence-electron chi connectivity index (χ1n) is 3.58. The second-order valence-electron chi connectivity index (χ2n) is 2.80. The molecule has 0 aromatic carbocycles. The molecule has 0 atom stereocenters. The Morgan fingerprint density at radius 2 is 2.18 bits per heavy atom. The van der Waals surface area contributed by atoms with E-state index in [-0.39, 0.29) is 11.5 Å². The van der Waals surface area contributed by atoms with E-state index in [0.717, 1.165) is 0 Å². The average molecular weight is 153 g/mol. The van der Waals surface area contributed by atoms with E-state index in [9.17, 15) is 4.79 Å². The first-order chi connectivity index (χ1) is 5.09. The molecule has 0 spiro atoms. The SMILES string of the molecule is Cc1cc(=O)nc(C(C)C)o1. The van der Waals surface area contributed by atoms with E-state index in [1.807, 2.05) is 13.8 Å². The molecular weight excluding hydrogens is 142 g/mol. The van der Waals surface area contributed by atoms with Crippen molar-refractivity contribution in [2.24, 2.45) is 0 Å². The predicted molar refractivity (Wildman–Crippen MR) is 41.6 cm³/mol. The largest absolute Gasteiger partial charge is 0.447 e. The van der Waals surface area contributed by atoms with Crippen molar-refractivity contribution in [2.45, 2.75) is 26.7 Å². The van der Waals surface area contributed by atoms with E-state index in [1.165, 1.54) is 6.07 Å². The van der Waals surface area contributed by atoms with Gasteiger partial charge in [-0.25, -0.2) is 0 Å². The lowest BCUT2D eigenvalue weighted by atomic mass is 10.2. The summed E-state index contributed by atoms with van der Waals surface area (Å²) in [4.78, 5) is 14.6. The predicted octanol–water partition coefficient (Wildman–Crippen LogP) is 1.47. The van der Waals surface area contributed by atoms with Gasteiger partial charge in [-0.15, -0.1) is 0 Å². The van der Waals surface area contributed by atoms with Crippen LogP contribution in [0.4, 0.5) is 0 Å². The number of aromatic nitrogens is 1. The Hall–Kier alpha value is -1.12. The summed E-state index contributed by atoms with van der Waals surface area (Å²) in [6.07, 6.45) is 0. The first kappa shape index (κ1) is 7.98. The van der Waals surface area contributed by atoms with Crippen molar-refractivity contribution in [3.05, 3.63) is 28.1 Å². The molecule has 0 radical (unpaired) electrons. The maximum absolute atomic E-state index is 10.8. The van der Waals surface area contributed by atoms with Crippen molar-refractivity contribution in [2.75, 3.05) is 0 Å². The Kier molecular flexibility index (Phi) is 2.08. The Morgan fingerprint density at radius 3 is 2.64 bits per heavy atom. The fourth-order valence-electron chi connectivity index (χ4n) is 0.779. The Labute approximate surface area is 65.1 Å². The third-order valence-electron chi connectivity index (χ3n) is 1.31. The highest BCUT2D eigenvalue weighted by Gasteiger charge is 2.04. The molecule has 0 amide bonds. The highest BCUT2D eigenvalue weighted by molar-refractivity contribution is 4.96. The van der Waals surface area contributed by atoms with Gasteiger partial charge in [0.05, 0.1) is 0 Å². The second kappa shape index (κ2) is 2.86. The minimum Gasteiger partial charge on any atom is -0.447 e. The molecule has 0 unspecified atom stereocenters. The lowest BCUT2D eigenvalue weighted by molar-refractivity contribution is 0.417. The summed E-state index contributed by atoms with van der Waals surface area (Å²) in [5.74, 6) is 1.30. The zero-order valence-corrected chi connectivity index (χ0v) is 6.92. The van der Waals surface area contributed by atoms with E-state index in [0.29, 0.717) is 11.7 Å². The van der Waals surface area contributed by atoms with Crippen LogP contribution in [-0.2, 0) is 0 Å². The van der Waals surface area contributed by atoms with Gasteiger partial charge < -0.3 is 4.42 Å². The van der Waals surface area contributed by atoms with Gasteiger partial charge in [0.1, 0.15) is 5.76 Å². The molecule has 11 heavy (non-hydrogen) atoms. The molecule has 1 aromatic heterocycles. The van der Waals surface area contributed by atoms with Crippen molar-refractivity contribution in [3.8, 4) is 0 Å². The number of nitrogens with zero attached hydrogens (tertiary/aromatic N) is 1. The summed E-state index contributed by atoms with van der Waals surface area (Å²) in [6.45, 7) is 5.62. The van der Waals surface area contributed by atoms with E-state index >= 15 is 0 Å². The molecule has 0 aliphatic rings. The van der Waals surface area contributed by atoms with E-state index in [2.05, 4.69) is 4.98 Å². The number of aryl methyl sites for hydroxylation is 1. The zero-order chi connectivity index (χ0) is 8.43. The number of hydrogen-bond donors (Lipinski definition) is 0. The van der Waals surface area contributed by atoms with Crippen LogP contribution in [0.2, 0.25) is 0 Å². The van der Waals surface area contributed by atoms with Gasteiger partial charge in [-0.2, -0.15) is 4.98 Å². The highest BCUT2D eigenvalue weighted by atomic mass is 16.3. The molecule has 3 heteroatoms. The van der Waals surface area contributed by atoms with Crippen LogP contribution in [0.3, 0.4) is 0 Å². The molecule has 0 bridgehead atoms. The maximum atomic E-state index is 10.8. The van der Waals surface area contributed by atoms with Crippen LogP contribution >= 0.6 is 0 Å². The monoisotopic (exact) mass is 153 g/mol. The van der Waals surface area contributed by atoms with Gasteiger partial charge >= 0.3 is 0 Å². The number of rotatable bonds is 1. The van der Waals surface area contributed by atoms with Gasteiger partial charge in [0.25, 0.3) is 5.56 Å². The first-order valence-corrected chi connectivity index (χ1v) is 3.58. The molecule has 3 nitrogen and oxygen atoms in total. The molecule has 0 aliphatic heterocycles. The fourth-order valence-corrected chi connectivity index (χ4v) is 0.779. The average Bonchev–Trinajstić information content (AvgIpc) is 1.85. The Morgan fingerprint density at radius 1 is 1.55 bits per heavy atom. The molecule has 1 rings (SSSR count). The van der Waals surface area contributed by atoms with Crippen molar-refractivity contribution in [1.82, 2.24) is 4.98 Å². The summed E-state index contributed by atoms with van der Waals surface area (Å²) in [5.41, 5.74) is -0.225. The van der Waals surface area contributed by atoms with Crippen molar-refractivity contribution < 1.29 is 4.42 Å². The molecule has 1 aromatic rings. The van der Waals surface area contributed by atoms with Crippen LogP contribution in [0.25, 0.3) is 0 Å². The third kappa shape index (κ3) is 1.90. The van der Waals surface area contributed by atoms with Crippen LogP contribution in [-0.4, -0.2) is 4.98 Å². The Bertz CT molecular complexity index is 301. The summed E-state index contributed by atoms with van der Waals surface area (Å²) < 4.78 is 5.21. The van der Waals surface area contributed by atoms with Crippen LogP contribution in [0, 0.1) is 6.92 Å². The smallest absolute Gasteiger partial charge is 0.276 e.